The zero-order valence-corrected chi connectivity index (χ0v) is 21.3. The molecular formula is C22H36IN7O. The van der Waals surface area contributed by atoms with Gasteiger partial charge in [0.25, 0.3) is 0 Å². The van der Waals surface area contributed by atoms with Gasteiger partial charge in [-0.2, -0.15) is 5.10 Å². The van der Waals surface area contributed by atoms with Crippen LogP contribution in [0.4, 0.5) is 5.82 Å². The number of halogens is 1. The Bertz CT molecular complexity index is 827. The lowest BCUT2D eigenvalue weighted by atomic mass is 9.99. The molecule has 3 heterocycles. The van der Waals surface area contributed by atoms with Crippen LogP contribution in [0.2, 0.25) is 0 Å². The van der Waals surface area contributed by atoms with Crippen LogP contribution in [0.15, 0.2) is 35.7 Å². The lowest BCUT2D eigenvalue weighted by Gasteiger charge is -2.31. The number of aromatic nitrogens is 3. The SMILES string of the molecule is CCNC(=NCc1ccc(N2CCC(C)CC2)nc1)NCC(C)(O)c1cnn(C)c1.I. The lowest BCUT2D eigenvalue weighted by molar-refractivity contribution is 0.0616. The van der Waals surface area contributed by atoms with E-state index in [0.29, 0.717) is 19.0 Å². The zero-order chi connectivity index (χ0) is 21.6. The molecule has 1 saturated heterocycles. The Morgan fingerprint density at radius 2 is 2.00 bits per heavy atom. The number of hydrogen-bond acceptors (Lipinski definition) is 5. The number of nitrogens with one attached hydrogen (secondary N) is 2. The molecule has 3 N–H and O–H groups in total. The number of nitrogens with zero attached hydrogens (tertiary/aromatic N) is 5. The summed E-state index contributed by atoms with van der Waals surface area (Å²) < 4.78 is 1.68. The van der Waals surface area contributed by atoms with Gasteiger partial charge in [0.05, 0.1) is 19.3 Å². The number of anilines is 1. The van der Waals surface area contributed by atoms with Crippen molar-refractivity contribution in [1.82, 2.24) is 25.4 Å². The van der Waals surface area contributed by atoms with E-state index in [4.69, 9.17) is 0 Å². The molecule has 31 heavy (non-hydrogen) atoms. The van der Waals surface area contributed by atoms with Crippen molar-refractivity contribution in [2.75, 3.05) is 31.1 Å². The number of rotatable bonds is 7. The molecule has 0 saturated carbocycles. The summed E-state index contributed by atoms with van der Waals surface area (Å²) in [6, 6.07) is 4.19. The van der Waals surface area contributed by atoms with Gasteiger partial charge in [0.15, 0.2) is 5.96 Å². The van der Waals surface area contributed by atoms with Gasteiger partial charge in [-0.25, -0.2) is 9.98 Å². The third-order valence-corrected chi connectivity index (χ3v) is 5.61. The first-order chi connectivity index (χ1) is 14.4. The van der Waals surface area contributed by atoms with E-state index in [2.05, 4.69) is 49.7 Å². The highest BCUT2D eigenvalue weighted by Gasteiger charge is 2.25. The minimum absolute atomic E-state index is 0. The fourth-order valence-corrected chi connectivity index (χ4v) is 3.50. The van der Waals surface area contributed by atoms with Crippen molar-refractivity contribution in [2.24, 2.45) is 18.0 Å². The highest BCUT2D eigenvalue weighted by atomic mass is 127. The van der Waals surface area contributed by atoms with E-state index >= 15 is 0 Å². The van der Waals surface area contributed by atoms with Gasteiger partial charge in [-0.05, 0) is 44.2 Å². The summed E-state index contributed by atoms with van der Waals surface area (Å²) in [6.45, 7) is 9.86. The van der Waals surface area contributed by atoms with Gasteiger partial charge in [0.1, 0.15) is 11.4 Å². The highest BCUT2D eigenvalue weighted by Crippen LogP contribution is 2.21. The smallest absolute Gasteiger partial charge is 0.191 e. The molecule has 0 bridgehead atoms. The maximum absolute atomic E-state index is 10.8. The Kier molecular flexibility index (Phi) is 9.54. The molecular weight excluding hydrogens is 505 g/mol. The molecule has 1 atom stereocenters. The molecule has 172 valence electrons. The van der Waals surface area contributed by atoms with Crippen molar-refractivity contribution < 1.29 is 5.11 Å². The third kappa shape index (κ3) is 7.34. The quantitative estimate of drug-likeness (QED) is 0.284. The van der Waals surface area contributed by atoms with E-state index in [9.17, 15) is 5.11 Å². The maximum Gasteiger partial charge on any atom is 0.191 e. The van der Waals surface area contributed by atoms with Gasteiger partial charge in [0.2, 0.25) is 0 Å². The summed E-state index contributed by atoms with van der Waals surface area (Å²) in [5.74, 6) is 2.52. The van der Waals surface area contributed by atoms with Gasteiger partial charge in [0, 0.05) is 44.6 Å². The molecule has 3 rings (SSSR count). The van der Waals surface area contributed by atoms with E-state index in [-0.39, 0.29) is 24.0 Å². The monoisotopic (exact) mass is 541 g/mol. The molecule has 1 aliphatic heterocycles. The first-order valence-electron chi connectivity index (χ1n) is 10.8. The Balaban J connectivity index is 0.00000341. The molecule has 0 aromatic carbocycles. The minimum atomic E-state index is -1.04. The van der Waals surface area contributed by atoms with Crippen LogP contribution in [0.1, 0.15) is 44.7 Å². The van der Waals surface area contributed by atoms with Gasteiger partial charge < -0.3 is 20.6 Å². The van der Waals surface area contributed by atoms with Crippen molar-refractivity contribution in [3.63, 3.8) is 0 Å². The fourth-order valence-electron chi connectivity index (χ4n) is 3.50. The molecule has 1 fully saturated rings. The Hall–Kier alpha value is -1.88. The van der Waals surface area contributed by atoms with Gasteiger partial charge in [-0.1, -0.05) is 13.0 Å². The fraction of sp³-hybridized carbons (Fsp3) is 0.591. The van der Waals surface area contributed by atoms with Crippen LogP contribution in [0.5, 0.6) is 0 Å². The molecule has 1 unspecified atom stereocenters. The standard InChI is InChI=1S/C22H35N7O.HI/c1-5-23-21(26-16-22(3,30)19-14-27-28(4)15-19)25-13-18-6-7-20(24-12-18)29-10-8-17(2)9-11-29;/h6-7,12,14-15,17,30H,5,8-11,13,16H2,1-4H3,(H2,23,25,26);1H. The topological polar surface area (TPSA) is 90.6 Å². The summed E-state index contributed by atoms with van der Waals surface area (Å²) in [4.78, 5) is 11.7. The molecule has 0 radical (unpaired) electrons. The number of guanidine groups is 1. The largest absolute Gasteiger partial charge is 0.383 e. The highest BCUT2D eigenvalue weighted by molar-refractivity contribution is 14.0. The van der Waals surface area contributed by atoms with Crippen molar-refractivity contribution in [3.8, 4) is 0 Å². The number of hydrogen-bond donors (Lipinski definition) is 3. The van der Waals surface area contributed by atoms with E-state index in [1.165, 1.54) is 12.8 Å². The van der Waals surface area contributed by atoms with Crippen molar-refractivity contribution in [1.29, 1.82) is 0 Å². The molecule has 1 aliphatic rings. The lowest BCUT2D eigenvalue weighted by Crippen LogP contribution is -2.44. The van der Waals surface area contributed by atoms with Crippen LogP contribution in [-0.4, -0.2) is 52.0 Å². The van der Waals surface area contributed by atoms with Crippen molar-refractivity contribution >= 4 is 35.8 Å². The van der Waals surface area contributed by atoms with Crippen LogP contribution >= 0.6 is 24.0 Å². The van der Waals surface area contributed by atoms with Gasteiger partial charge in [-0.15, -0.1) is 24.0 Å². The summed E-state index contributed by atoms with van der Waals surface area (Å²) in [5.41, 5.74) is 0.778. The summed E-state index contributed by atoms with van der Waals surface area (Å²) in [6.07, 6.45) is 7.87. The first-order valence-corrected chi connectivity index (χ1v) is 10.8. The second-order valence-corrected chi connectivity index (χ2v) is 8.42. The number of pyridine rings is 1. The minimum Gasteiger partial charge on any atom is -0.383 e. The maximum atomic E-state index is 10.8. The van der Waals surface area contributed by atoms with Crippen LogP contribution in [0.25, 0.3) is 0 Å². The number of piperidine rings is 1. The normalized spacial score (nSPS) is 17.1. The third-order valence-electron chi connectivity index (χ3n) is 5.61. The predicted molar refractivity (Wildman–Crippen MR) is 136 cm³/mol. The zero-order valence-electron chi connectivity index (χ0n) is 19.0. The number of aliphatic imine (C=N–C) groups is 1. The van der Waals surface area contributed by atoms with Crippen LogP contribution < -0.4 is 15.5 Å². The second kappa shape index (κ2) is 11.7. The van der Waals surface area contributed by atoms with E-state index in [1.54, 1.807) is 17.8 Å². The second-order valence-electron chi connectivity index (χ2n) is 8.42. The van der Waals surface area contributed by atoms with Crippen molar-refractivity contribution in [3.05, 3.63) is 41.9 Å². The Morgan fingerprint density at radius 3 is 2.58 bits per heavy atom. The van der Waals surface area contributed by atoms with Crippen LogP contribution in [0, 0.1) is 5.92 Å². The molecule has 8 nitrogen and oxygen atoms in total. The first kappa shape index (κ1) is 25.4. The Morgan fingerprint density at radius 1 is 1.26 bits per heavy atom. The molecule has 0 amide bonds. The van der Waals surface area contributed by atoms with E-state index in [1.807, 2.05) is 26.4 Å². The summed E-state index contributed by atoms with van der Waals surface area (Å²) in [7, 11) is 1.84. The number of aryl methyl sites for hydroxylation is 1. The average molecular weight is 541 g/mol. The van der Waals surface area contributed by atoms with Gasteiger partial charge in [-0.3, -0.25) is 4.68 Å². The van der Waals surface area contributed by atoms with Crippen LogP contribution in [-0.2, 0) is 19.2 Å². The molecule has 0 aliphatic carbocycles. The Labute approximate surface area is 202 Å². The summed E-state index contributed by atoms with van der Waals surface area (Å²) >= 11 is 0. The average Bonchev–Trinajstić information content (AvgIpc) is 3.18. The molecule has 9 heteroatoms. The summed E-state index contributed by atoms with van der Waals surface area (Å²) in [5, 5.41) is 21.4. The van der Waals surface area contributed by atoms with Crippen molar-refractivity contribution in [2.45, 2.75) is 45.8 Å². The molecule has 2 aromatic heterocycles. The number of aliphatic hydroxyl groups is 1. The van der Waals surface area contributed by atoms with E-state index < -0.39 is 5.60 Å². The predicted octanol–water partition coefficient (Wildman–Crippen LogP) is 2.63. The molecule has 0 spiro atoms. The van der Waals surface area contributed by atoms with E-state index in [0.717, 1.165) is 42.5 Å². The van der Waals surface area contributed by atoms with Crippen LogP contribution in [0.3, 0.4) is 0 Å². The van der Waals surface area contributed by atoms with Gasteiger partial charge >= 0.3 is 0 Å². The molecule has 2 aromatic rings.